The number of benzene rings is 1. The van der Waals surface area contributed by atoms with Crippen molar-refractivity contribution >= 4 is 17.5 Å². The van der Waals surface area contributed by atoms with Crippen molar-refractivity contribution in [2.45, 2.75) is 6.92 Å². The minimum atomic E-state index is -0.0669. The van der Waals surface area contributed by atoms with Crippen LogP contribution in [-0.4, -0.2) is 65.2 Å². The van der Waals surface area contributed by atoms with E-state index in [0.717, 1.165) is 25.4 Å². The fourth-order valence-electron chi connectivity index (χ4n) is 3.32. The molecule has 1 aromatic carbocycles. The number of aryl methyl sites for hydroxylation is 1. The lowest BCUT2D eigenvalue weighted by molar-refractivity contribution is 0.0614. The third-order valence-electron chi connectivity index (χ3n) is 4.96. The molecule has 0 bridgehead atoms. The first-order valence-electron chi connectivity index (χ1n) is 9.61. The number of halogens is 1. The minimum absolute atomic E-state index is 0.0669. The largest absolute Gasteiger partial charge is 0.491 e. The van der Waals surface area contributed by atoms with Crippen LogP contribution < -0.4 is 4.74 Å². The van der Waals surface area contributed by atoms with Gasteiger partial charge in [-0.25, -0.2) is 0 Å². The number of carbonyl (C=O) groups excluding carboxylic acids is 1. The molecule has 0 aliphatic carbocycles. The minimum Gasteiger partial charge on any atom is -0.491 e. The highest BCUT2D eigenvalue weighted by Crippen LogP contribution is 2.23. The molecule has 1 N–H and O–H groups in total. The summed E-state index contributed by atoms with van der Waals surface area (Å²) in [4.78, 5) is 16.9. The lowest BCUT2D eigenvalue weighted by Gasteiger charge is -2.34. The molecule has 2 aromatic heterocycles. The normalized spacial score (nSPS) is 14.9. The van der Waals surface area contributed by atoms with Crippen LogP contribution in [-0.2, 0) is 0 Å². The highest BCUT2D eigenvalue weighted by atomic mass is 35.5. The first-order valence-corrected chi connectivity index (χ1v) is 9.99. The number of aromatic nitrogens is 2. The zero-order chi connectivity index (χ0) is 20.2. The van der Waals surface area contributed by atoms with Crippen molar-refractivity contribution in [2.75, 3.05) is 39.3 Å². The topological polar surface area (TPSA) is 74.6 Å². The summed E-state index contributed by atoms with van der Waals surface area (Å²) in [7, 11) is 0. The first-order chi connectivity index (χ1) is 14.1. The molecule has 0 saturated carbocycles. The molecule has 1 aliphatic rings. The Labute approximate surface area is 174 Å². The third kappa shape index (κ3) is 4.63. The molecular formula is C21H23ClN4O3. The van der Waals surface area contributed by atoms with Gasteiger partial charge in [0.15, 0.2) is 11.5 Å². The number of hydrogen-bond donors (Lipinski definition) is 1. The molecule has 7 nitrogen and oxygen atoms in total. The molecule has 29 heavy (non-hydrogen) atoms. The van der Waals surface area contributed by atoms with Crippen molar-refractivity contribution < 1.29 is 13.9 Å². The lowest BCUT2D eigenvalue weighted by atomic mass is 10.2. The van der Waals surface area contributed by atoms with Crippen LogP contribution in [0.25, 0.3) is 11.5 Å². The van der Waals surface area contributed by atoms with Gasteiger partial charge in [0.25, 0.3) is 5.91 Å². The second-order valence-electron chi connectivity index (χ2n) is 6.99. The Bertz CT molecular complexity index is 976. The molecule has 4 rings (SSSR count). The van der Waals surface area contributed by atoms with Crippen molar-refractivity contribution in [3.05, 3.63) is 58.9 Å². The summed E-state index contributed by atoms with van der Waals surface area (Å²) >= 11 is 6.10. The van der Waals surface area contributed by atoms with Crippen LogP contribution in [0.2, 0.25) is 5.02 Å². The smallest absolute Gasteiger partial charge is 0.274 e. The summed E-state index contributed by atoms with van der Waals surface area (Å²) in [6.45, 7) is 6.14. The number of aromatic amines is 1. The van der Waals surface area contributed by atoms with E-state index in [1.165, 1.54) is 0 Å². The highest BCUT2D eigenvalue weighted by Gasteiger charge is 2.24. The van der Waals surface area contributed by atoms with Crippen molar-refractivity contribution in [3.63, 3.8) is 0 Å². The summed E-state index contributed by atoms with van der Waals surface area (Å²) in [5.41, 5.74) is 1.11. The van der Waals surface area contributed by atoms with Crippen LogP contribution in [0.5, 0.6) is 5.75 Å². The van der Waals surface area contributed by atoms with E-state index in [1.807, 2.05) is 48.2 Å². The van der Waals surface area contributed by atoms with Crippen LogP contribution in [0.1, 0.15) is 16.2 Å². The molecule has 8 heteroatoms. The zero-order valence-corrected chi connectivity index (χ0v) is 17.0. The van der Waals surface area contributed by atoms with Gasteiger partial charge >= 0.3 is 0 Å². The van der Waals surface area contributed by atoms with Gasteiger partial charge in [0.2, 0.25) is 0 Å². The lowest BCUT2D eigenvalue weighted by Crippen LogP contribution is -2.49. The summed E-state index contributed by atoms with van der Waals surface area (Å²) in [6.07, 6.45) is 0. The van der Waals surface area contributed by atoms with Gasteiger partial charge in [-0.05, 0) is 31.2 Å². The van der Waals surface area contributed by atoms with E-state index in [0.29, 0.717) is 47.6 Å². The van der Waals surface area contributed by atoms with E-state index in [4.69, 9.17) is 20.8 Å². The number of amides is 1. The van der Waals surface area contributed by atoms with E-state index in [1.54, 1.807) is 6.07 Å². The maximum absolute atomic E-state index is 12.7. The van der Waals surface area contributed by atoms with E-state index < -0.39 is 0 Å². The van der Waals surface area contributed by atoms with Gasteiger partial charge < -0.3 is 14.1 Å². The molecular weight excluding hydrogens is 392 g/mol. The van der Waals surface area contributed by atoms with Crippen molar-refractivity contribution in [2.24, 2.45) is 0 Å². The fourth-order valence-corrected chi connectivity index (χ4v) is 3.51. The van der Waals surface area contributed by atoms with Gasteiger partial charge in [-0.2, -0.15) is 5.10 Å². The van der Waals surface area contributed by atoms with Crippen LogP contribution in [0, 0.1) is 6.92 Å². The number of para-hydroxylation sites is 1. The van der Waals surface area contributed by atoms with Crippen molar-refractivity contribution in [1.82, 2.24) is 20.0 Å². The van der Waals surface area contributed by atoms with Crippen LogP contribution in [0.3, 0.4) is 0 Å². The molecule has 3 heterocycles. The summed E-state index contributed by atoms with van der Waals surface area (Å²) in [5.74, 6) is 2.13. The number of furan rings is 1. The van der Waals surface area contributed by atoms with Gasteiger partial charge in [0, 0.05) is 38.8 Å². The standard InChI is InChI=1S/C21H23ClN4O3/c1-15-6-7-20(29-15)17-14-18(24-23-17)21(27)26-10-8-25(9-11-26)12-13-28-19-5-3-2-4-16(19)22/h2-7,14H,8-13H2,1H3,(H,23,24). The molecule has 3 aromatic rings. The first kappa shape index (κ1) is 19.5. The van der Waals surface area contributed by atoms with E-state index >= 15 is 0 Å². The summed E-state index contributed by atoms with van der Waals surface area (Å²) in [5, 5.41) is 7.66. The van der Waals surface area contributed by atoms with Crippen LogP contribution in [0.15, 0.2) is 46.9 Å². The number of piperazine rings is 1. The summed E-state index contributed by atoms with van der Waals surface area (Å²) in [6, 6.07) is 12.9. The predicted molar refractivity (Wildman–Crippen MR) is 110 cm³/mol. The zero-order valence-electron chi connectivity index (χ0n) is 16.2. The van der Waals surface area contributed by atoms with Crippen LogP contribution >= 0.6 is 11.6 Å². The average molecular weight is 415 g/mol. The Kier molecular flexibility index (Phi) is 5.87. The number of hydrogen-bond acceptors (Lipinski definition) is 5. The Morgan fingerprint density at radius 1 is 1.21 bits per heavy atom. The highest BCUT2D eigenvalue weighted by molar-refractivity contribution is 6.32. The Morgan fingerprint density at radius 3 is 2.72 bits per heavy atom. The molecule has 1 aliphatic heterocycles. The van der Waals surface area contributed by atoms with Crippen molar-refractivity contribution in [1.29, 1.82) is 0 Å². The number of rotatable bonds is 6. The quantitative estimate of drug-likeness (QED) is 0.668. The SMILES string of the molecule is Cc1ccc(-c2cc(C(=O)N3CCN(CCOc4ccccc4Cl)CC3)n[nH]2)o1. The average Bonchev–Trinajstić information content (AvgIpc) is 3.39. The Morgan fingerprint density at radius 2 is 2.00 bits per heavy atom. The van der Waals surface area contributed by atoms with Gasteiger partial charge in [-0.1, -0.05) is 23.7 Å². The number of H-pyrrole nitrogens is 1. The second-order valence-corrected chi connectivity index (χ2v) is 7.40. The van der Waals surface area contributed by atoms with Gasteiger partial charge in [-0.15, -0.1) is 0 Å². The van der Waals surface area contributed by atoms with Gasteiger partial charge in [0.1, 0.15) is 23.8 Å². The van der Waals surface area contributed by atoms with E-state index in [2.05, 4.69) is 15.1 Å². The molecule has 1 saturated heterocycles. The molecule has 0 spiro atoms. The predicted octanol–water partition coefficient (Wildman–Crippen LogP) is 3.47. The van der Waals surface area contributed by atoms with E-state index in [-0.39, 0.29) is 5.91 Å². The maximum Gasteiger partial charge on any atom is 0.274 e. The van der Waals surface area contributed by atoms with E-state index in [9.17, 15) is 4.79 Å². The van der Waals surface area contributed by atoms with Gasteiger partial charge in [0.05, 0.1) is 5.02 Å². The monoisotopic (exact) mass is 414 g/mol. The van der Waals surface area contributed by atoms with Crippen LogP contribution in [0.4, 0.5) is 0 Å². The summed E-state index contributed by atoms with van der Waals surface area (Å²) < 4.78 is 11.3. The molecule has 1 amide bonds. The molecule has 0 radical (unpaired) electrons. The molecule has 0 unspecified atom stereocenters. The third-order valence-corrected chi connectivity index (χ3v) is 5.28. The number of nitrogens with zero attached hydrogens (tertiary/aromatic N) is 3. The number of carbonyl (C=O) groups is 1. The Hall–Kier alpha value is -2.77. The van der Waals surface area contributed by atoms with Gasteiger partial charge in [-0.3, -0.25) is 14.8 Å². The van der Waals surface area contributed by atoms with Crippen molar-refractivity contribution in [3.8, 4) is 17.2 Å². The number of ether oxygens (including phenoxy) is 1. The maximum atomic E-state index is 12.7. The fraction of sp³-hybridized carbons (Fsp3) is 0.333. The second kappa shape index (κ2) is 8.71. The number of nitrogens with one attached hydrogen (secondary N) is 1. The Balaban J connectivity index is 1.25. The molecule has 152 valence electrons. The molecule has 0 atom stereocenters. The molecule has 1 fully saturated rings.